The van der Waals surface area contributed by atoms with E-state index in [0.717, 1.165) is 35.7 Å². The Morgan fingerprint density at radius 1 is 1.14 bits per heavy atom. The maximum atomic E-state index is 6.10. The monoisotopic (exact) mass is 282 g/mol. The standard InChI is InChI=1S/C17H22N4/c1-20-12-4-5-13(20)11-21(10-8-12)16-7-6-15(18)14-3-2-9-19-17(14)16/h2-3,6-7,9,12-13H,4-5,8,10-11,18H2,1H3. The van der Waals surface area contributed by atoms with Crippen LogP contribution in [0.15, 0.2) is 30.5 Å². The molecular formula is C17H22N4. The van der Waals surface area contributed by atoms with Crippen LogP contribution in [0.4, 0.5) is 11.4 Å². The minimum atomic E-state index is 0.675. The molecule has 2 aromatic rings. The first-order valence-electron chi connectivity index (χ1n) is 7.84. The molecular weight excluding hydrogens is 260 g/mol. The van der Waals surface area contributed by atoms with Crippen LogP contribution < -0.4 is 10.6 Å². The highest BCUT2D eigenvalue weighted by Gasteiger charge is 2.35. The lowest BCUT2D eigenvalue weighted by atomic mass is 10.1. The van der Waals surface area contributed by atoms with E-state index in [1.54, 1.807) is 0 Å². The molecule has 0 spiro atoms. The van der Waals surface area contributed by atoms with E-state index in [4.69, 9.17) is 5.73 Å². The molecule has 2 atom stereocenters. The second-order valence-corrected chi connectivity index (χ2v) is 6.36. The van der Waals surface area contributed by atoms with E-state index in [1.165, 1.54) is 24.9 Å². The summed E-state index contributed by atoms with van der Waals surface area (Å²) in [6.45, 7) is 2.21. The number of pyridine rings is 1. The third-order valence-corrected chi connectivity index (χ3v) is 5.27. The van der Waals surface area contributed by atoms with Crippen LogP contribution in [0.25, 0.3) is 10.9 Å². The molecule has 110 valence electrons. The van der Waals surface area contributed by atoms with Crippen molar-refractivity contribution in [2.75, 3.05) is 30.8 Å². The largest absolute Gasteiger partial charge is 0.398 e. The molecule has 2 unspecified atom stereocenters. The number of benzene rings is 1. The number of likely N-dealkylation sites (N-methyl/N-ethyl adjacent to an activating group) is 1. The van der Waals surface area contributed by atoms with Crippen LogP contribution in [0.1, 0.15) is 19.3 Å². The average molecular weight is 282 g/mol. The van der Waals surface area contributed by atoms with E-state index >= 15 is 0 Å². The molecule has 0 amide bonds. The Bertz CT molecular complexity index is 669. The lowest BCUT2D eigenvalue weighted by molar-refractivity contribution is 0.254. The SMILES string of the molecule is CN1C2CCC1CN(c1ccc(N)c3cccnc13)CC2. The molecule has 4 nitrogen and oxygen atoms in total. The molecule has 0 aliphatic carbocycles. The number of hydrogen-bond donors (Lipinski definition) is 1. The Morgan fingerprint density at radius 3 is 2.90 bits per heavy atom. The number of aromatic nitrogens is 1. The van der Waals surface area contributed by atoms with E-state index in [2.05, 4.69) is 34.0 Å². The summed E-state index contributed by atoms with van der Waals surface area (Å²) in [6.07, 6.45) is 5.78. The fourth-order valence-electron chi connectivity index (χ4n) is 3.96. The summed E-state index contributed by atoms with van der Waals surface area (Å²) < 4.78 is 0. The normalized spacial score (nSPS) is 26.2. The van der Waals surface area contributed by atoms with E-state index in [-0.39, 0.29) is 0 Å². The smallest absolute Gasteiger partial charge is 0.0955 e. The van der Waals surface area contributed by atoms with E-state index in [1.807, 2.05) is 18.3 Å². The molecule has 1 aromatic heterocycles. The summed E-state index contributed by atoms with van der Waals surface area (Å²) in [7, 11) is 2.28. The van der Waals surface area contributed by atoms with Crippen molar-refractivity contribution in [1.29, 1.82) is 0 Å². The van der Waals surface area contributed by atoms with Gasteiger partial charge in [-0.25, -0.2) is 0 Å². The topological polar surface area (TPSA) is 45.4 Å². The number of nitrogen functional groups attached to an aromatic ring is 1. The van der Waals surface area contributed by atoms with Crippen molar-refractivity contribution in [3.63, 3.8) is 0 Å². The number of hydrogen-bond acceptors (Lipinski definition) is 4. The summed E-state index contributed by atoms with van der Waals surface area (Å²) in [4.78, 5) is 9.68. The molecule has 4 heteroatoms. The van der Waals surface area contributed by atoms with Crippen molar-refractivity contribution in [3.05, 3.63) is 30.5 Å². The predicted molar refractivity (Wildman–Crippen MR) is 87.6 cm³/mol. The van der Waals surface area contributed by atoms with Crippen LogP contribution in [-0.4, -0.2) is 42.1 Å². The van der Waals surface area contributed by atoms with Crippen LogP contribution in [0.3, 0.4) is 0 Å². The van der Waals surface area contributed by atoms with Gasteiger partial charge in [-0.3, -0.25) is 9.88 Å². The number of anilines is 2. The second-order valence-electron chi connectivity index (χ2n) is 6.36. The van der Waals surface area contributed by atoms with Crippen molar-refractivity contribution in [3.8, 4) is 0 Å². The third kappa shape index (κ3) is 2.05. The van der Waals surface area contributed by atoms with Crippen molar-refractivity contribution in [2.45, 2.75) is 31.3 Å². The highest BCUT2D eigenvalue weighted by atomic mass is 15.3. The molecule has 2 saturated heterocycles. The first-order valence-corrected chi connectivity index (χ1v) is 7.84. The van der Waals surface area contributed by atoms with Crippen molar-refractivity contribution in [2.24, 2.45) is 0 Å². The summed E-state index contributed by atoms with van der Waals surface area (Å²) in [6, 6.07) is 9.62. The minimum Gasteiger partial charge on any atom is -0.398 e. The Balaban J connectivity index is 1.75. The van der Waals surface area contributed by atoms with Gasteiger partial charge in [-0.05, 0) is 50.6 Å². The Kier molecular flexibility index (Phi) is 3.00. The van der Waals surface area contributed by atoms with Crippen molar-refractivity contribution in [1.82, 2.24) is 9.88 Å². The van der Waals surface area contributed by atoms with Gasteiger partial charge in [-0.2, -0.15) is 0 Å². The first-order chi connectivity index (χ1) is 10.2. The maximum Gasteiger partial charge on any atom is 0.0955 e. The van der Waals surface area contributed by atoms with Crippen LogP contribution in [0, 0.1) is 0 Å². The lowest BCUT2D eigenvalue weighted by Crippen LogP contribution is -2.36. The molecule has 2 aliphatic rings. The zero-order valence-electron chi connectivity index (χ0n) is 12.5. The van der Waals surface area contributed by atoms with Crippen LogP contribution in [0.5, 0.6) is 0 Å². The van der Waals surface area contributed by atoms with Crippen LogP contribution >= 0.6 is 0 Å². The molecule has 1 aromatic carbocycles. The number of fused-ring (bicyclic) bond motifs is 3. The van der Waals surface area contributed by atoms with Crippen molar-refractivity contribution < 1.29 is 0 Å². The van der Waals surface area contributed by atoms with Gasteiger partial charge in [0.1, 0.15) is 0 Å². The number of rotatable bonds is 1. The highest BCUT2D eigenvalue weighted by Crippen LogP contribution is 2.34. The van der Waals surface area contributed by atoms with Gasteiger partial charge in [0.25, 0.3) is 0 Å². The molecule has 21 heavy (non-hydrogen) atoms. The third-order valence-electron chi connectivity index (χ3n) is 5.27. The predicted octanol–water partition coefficient (Wildman–Crippen LogP) is 2.49. The van der Waals surface area contributed by atoms with Crippen LogP contribution in [0.2, 0.25) is 0 Å². The average Bonchev–Trinajstić information content (AvgIpc) is 2.74. The van der Waals surface area contributed by atoms with Gasteiger partial charge < -0.3 is 10.6 Å². The summed E-state index contributed by atoms with van der Waals surface area (Å²) in [5, 5.41) is 1.07. The minimum absolute atomic E-state index is 0.675. The fourth-order valence-corrected chi connectivity index (χ4v) is 3.96. The summed E-state index contributed by atoms with van der Waals surface area (Å²) in [5.41, 5.74) is 9.19. The Hall–Kier alpha value is -1.81. The zero-order valence-corrected chi connectivity index (χ0v) is 12.5. The second kappa shape index (κ2) is 4.88. The zero-order chi connectivity index (χ0) is 14.4. The number of nitrogens with zero attached hydrogens (tertiary/aromatic N) is 3. The molecule has 0 radical (unpaired) electrons. The molecule has 2 aliphatic heterocycles. The number of nitrogens with two attached hydrogens (primary N) is 1. The van der Waals surface area contributed by atoms with Gasteiger partial charge in [-0.15, -0.1) is 0 Å². The Morgan fingerprint density at radius 2 is 2.00 bits per heavy atom. The molecule has 2 fully saturated rings. The van der Waals surface area contributed by atoms with E-state index < -0.39 is 0 Å². The molecule has 0 saturated carbocycles. The quantitative estimate of drug-likeness (QED) is 0.816. The fraction of sp³-hybridized carbons (Fsp3) is 0.471. The van der Waals surface area contributed by atoms with Gasteiger partial charge in [0.2, 0.25) is 0 Å². The van der Waals surface area contributed by atoms with Gasteiger partial charge in [0.15, 0.2) is 0 Å². The highest BCUT2D eigenvalue weighted by molar-refractivity contribution is 5.98. The van der Waals surface area contributed by atoms with Gasteiger partial charge in [-0.1, -0.05) is 0 Å². The maximum absolute atomic E-state index is 6.10. The van der Waals surface area contributed by atoms with Crippen LogP contribution in [-0.2, 0) is 0 Å². The summed E-state index contributed by atoms with van der Waals surface area (Å²) in [5.74, 6) is 0. The van der Waals surface area contributed by atoms with Gasteiger partial charge in [0, 0.05) is 42.4 Å². The Labute approximate surface area is 125 Å². The molecule has 4 rings (SSSR count). The molecule has 2 N–H and O–H groups in total. The van der Waals surface area contributed by atoms with Gasteiger partial charge >= 0.3 is 0 Å². The summed E-state index contributed by atoms with van der Waals surface area (Å²) >= 11 is 0. The van der Waals surface area contributed by atoms with Crippen molar-refractivity contribution >= 4 is 22.3 Å². The molecule has 3 heterocycles. The van der Waals surface area contributed by atoms with E-state index in [9.17, 15) is 0 Å². The van der Waals surface area contributed by atoms with Gasteiger partial charge in [0.05, 0.1) is 11.2 Å². The first kappa shape index (κ1) is 12.9. The van der Waals surface area contributed by atoms with E-state index in [0.29, 0.717) is 6.04 Å². The lowest BCUT2D eigenvalue weighted by Gasteiger charge is -2.28. The molecule has 2 bridgehead atoms.